The summed E-state index contributed by atoms with van der Waals surface area (Å²) < 4.78 is 24.1. The summed E-state index contributed by atoms with van der Waals surface area (Å²) in [5.74, 6) is -25.6. The second-order valence-corrected chi connectivity index (χ2v) is 10.7. The number of aromatic hydroxyl groups is 2. The van der Waals surface area contributed by atoms with E-state index in [-0.39, 0.29) is 10.2 Å². The zero-order chi connectivity index (χ0) is 34.3. The van der Waals surface area contributed by atoms with Crippen molar-refractivity contribution in [2.45, 2.75) is 35.2 Å². The normalized spacial score (nSPS) is 20.2. The van der Waals surface area contributed by atoms with Gasteiger partial charge in [-0.2, -0.15) is 9.88 Å². The highest BCUT2D eigenvalue weighted by atomic mass is 79.9. The lowest BCUT2D eigenvalue weighted by atomic mass is 9.75. The molecule has 21 nitrogen and oxygen atoms in total. The summed E-state index contributed by atoms with van der Waals surface area (Å²) in [7, 11) is 0.321. The Hall–Kier alpha value is -3.53. The number of H-pyrrole nitrogens is 1. The molecule has 0 aliphatic carbocycles. The van der Waals surface area contributed by atoms with Gasteiger partial charge in [0.15, 0.2) is 11.5 Å². The molecular weight excluding hydrogens is 691 g/mol. The molecule has 2 aromatic carbocycles. The van der Waals surface area contributed by atoms with Gasteiger partial charge in [0.2, 0.25) is 17.1 Å². The summed E-state index contributed by atoms with van der Waals surface area (Å²) in [4.78, 5) is 17.1. The van der Waals surface area contributed by atoms with Gasteiger partial charge in [0.05, 0.1) is 11.1 Å². The van der Waals surface area contributed by atoms with Crippen molar-refractivity contribution in [3.05, 3.63) is 39.0 Å². The molecular formula is C22H24BrFN4O17. The maximum atomic E-state index is 14.5. The number of hydrogen-bond donors (Lipinski definition) is 16. The molecule has 4 rings (SSSR count). The Morgan fingerprint density at radius 3 is 2.04 bits per heavy atom. The van der Waals surface area contributed by atoms with Crippen LogP contribution in [0, 0.1) is 5.82 Å². The van der Waals surface area contributed by atoms with Crippen molar-refractivity contribution in [2.75, 3.05) is 19.0 Å². The molecule has 1 aliphatic rings. The third-order valence-corrected chi connectivity index (χ3v) is 7.41. The van der Waals surface area contributed by atoms with Gasteiger partial charge < -0.3 is 91.3 Å². The Balaban J connectivity index is 1.95. The van der Waals surface area contributed by atoms with E-state index < -0.39 is 97.9 Å². The summed E-state index contributed by atoms with van der Waals surface area (Å²) >= 11 is 3.02. The third-order valence-electron chi connectivity index (χ3n) is 6.91. The van der Waals surface area contributed by atoms with Crippen LogP contribution in [0.2, 0.25) is 0 Å². The minimum atomic E-state index is -4.62. The Bertz CT molecular complexity index is 1700. The maximum Gasteiger partial charge on any atom is 0.453 e. The average Bonchev–Trinajstić information content (AvgIpc) is 2.90. The SMILES string of the molecule is CN1C(O)(O)C(O)(O)C(O)(COc2c(OC(O)(O)O)c(O)c3c(Nc4ccc(Br)cc4F)nc(=O)[nH]c3c2O)C(O)(O)C1(O)O. The molecule has 3 aromatic rings. The molecule has 0 atom stereocenters. The van der Waals surface area contributed by atoms with E-state index in [2.05, 4.69) is 31.0 Å². The molecule has 1 aliphatic heterocycles. The highest BCUT2D eigenvalue weighted by Crippen LogP contribution is 2.54. The fraction of sp³-hybridized carbons (Fsp3) is 0.364. The summed E-state index contributed by atoms with van der Waals surface area (Å²) in [5.41, 5.74) is -7.04. The number of anilines is 2. The van der Waals surface area contributed by atoms with Gasteiger partial charge in [-0.15, -0.1) is 0 Å². The number of phenolic OH excluding ortho intramolecular Hbond substituents is 2. The number of benzene rings is 2. The Morgan fingerprint density at radius 1 is 0.978 bits per heavy atom. The standard InChI is InChI=1S/C22H24BrFN4O17/c1-28-20(37,38)18(33,34)17(32,19(35,36)21(28,39)40)5-44-13-12(30)10-9(11(29)14(13)45-22(41,42)43)15(27-16(31)26-10)25-8-3-2-6(23)4-7(8)24/h2-4,29-30,32-43H,5H2,1H3,(H2,25,26,27,31). The number of fused-ring (bicyclic) bond motifs is 1. The number of rotatable bonds is 7. The van der Waals surface area contributed by atoms with Crippen molar-refractivity contribution < 1.29 is 85.4 Å². The van der Waals surface area contributed by atoms with Crippen LogP contribution in [-0.4, -0.2) is 135 Å². The molecule has 1 saturated heterocycles. The predicted octanol–water partition coefficient (Wildman–Crippen LogP) is -5.36. The van der Waals surface area contributed by atoms with Gasteiger partial charge in [-0.3, -0.25) is 0 Å². The van der Waals surface area contributed by atoms with E-state index in [9.17, 15) is 80.7 Å². The highest BCUT2D eigenvalue weighted by Gasteiger charge is 2.84. The summed E-state index contributed by atoms with van der Waals surface area (Å²) in [6.07, 6.45) is -4.24. The van der Waals surface area contributed by atoms with E-state index in [0.717, 1.165) is 12.1 Å². The predicted molar refractivity (Wildman–Crippen MR) is 140 cm³/mol. The molecule has 0 radical (unpaired) electrons. The number of likely N-dealkylation sites (tertiary alicyclic amines) is 1. The van der Waals surface area contributed by atoms with Crippen molar-refractivity contribution >= 4 is 38.3 Å². The second kappa shape index (κ2) is 10.5. The van der Waals surface area contributed by atoms with Crippen LogP contribution >= 0.6 is 15.9 Å². The first kappa shape index (κ1) is 34.3. The lowest BCUT2D eigenvalue weighted by Gasteiger charge is -2.61. The summed E-state index contributed by atoms with van der Waals surface area (Å²) in [5, 5.41) is 145. The number of aromatic amines is 1. The minimum Gasteiger partial charge on any atom is -0.504 e. The van der Waals surface area contributed by atoms with E-state index in [0.29, 0.717) is 7.05 Å². The number of ether oxygens (including phenoxy) is 2. The Labute approximate surface area is 254 Å². The first-order valence-electron chi connectivity index (χ1n) is 11.8. The molecule has 1 aromatic heterocycles. The monoisotopic (exact) mass is 714 g/mol. The number of halogens is 2. The Morgan fingerprint density at radius 2 is 1.53 bits per heavy atom. The second-order valence-electron chi connectivity index (χ2n) is 9.74. The molecule has 0 bridgehead atoms. The largest absolute Gasteiger partial charge is 0.504 e. The fourth-order valence-electron chi connectivity index (χ4n) is 4.36. The van der Waals surface area contributed by atoms with Crippen LogP contribution in [0.5, 0.6) is 23.0 Å². The maximum absolute atomic E-state index is 14.5. The van der Waals surface area contributed by atoms with E-state index >= 15 is 0 Å². The van der Waals surface area contributed by atoms with E-state index in [1.165, 1.54) is 6.07 Å². The van der Waals surface area contributed by atoms with Crippen molar-refractivity contribution in [3.8, 4) is 23.0 Å². The minimum absolute atomic E-state index is 0.285. The number of aromatic nitrogens is 2. The van der Waals surface area contributed by atoms with E-state index in [4.69, 9.17) is 4.74 Å². The highest BCUT2D eigenvalue weighted by molar-refractivity contribution is 9.10. The van der Waals surface area contributed by atoms with Crippen molar-refractivity contribution in [3.63, 3.8) is 0 Å². The van der Waals surface area contributed by atoms with E-state index in [1.807, 2.05) is 4.98 Å². The van der Waals surface area contributed by atoms with Gasteiger partial charge >= 0.3 is 11.8 Å². The molecule has 1 fully saturated rings. The average molecular weight is 715 g/mol. The first-order valence-corrected chi connectivity index (χ1v) is 12.6. The zero-order valence-corrected chi connectivity index (χ0v) is 23.7. The number of hydrogen-bond acceptors (Lipinski definition) is 20. The number of piperidine rings is 1. The Kier molecular flexibility index (Phi) is 8.02. The van der Waals surface area contributed by atoms with Crippen LogP contribution in [0.3, 0.4) is 0 Å². The molecule has 0 saturated carbocycles. The lowest BCUT2D eigenvalue weighted by molar-refractivity contribution is -0.592. The first-order chi connectivity index (χ1) is 20.3. The van der Waals surface area contributed by atoms with Gasteiger partial charge in [-0.05, 0) is 25.2 Å². The van der Waals surface area contributed by atoms with Crippen LogP contribution in [0.15, 0.2) is 27.5 Å². The van der Waals surface area contributed by atoms with Crippen LogP contribution in [0.1, 0.15) is 0 Å². The topological polar surface area (TPSA) is 363 Å². The van der Waals surface area contributed by atoms with Gasteiger partial charge in [0.1, 0.15) is 23.8 Å². The summed E-state index contributed by atoms with van der Waals surface area (Å²) in [6.45, 7) is -2.18. The molecule has 248 valence electrons. The van der Waals surface area contributed by atoms with Crippen molar-refractivity contribution in [1.82, 2.24) is 14.9 Å². The van der Waals surface area contributed by atoms with Gasteiger partial charge in [-0.1, -0.05) is 15.9 Å². The van der Waals surface area contributed by atoms with Gasteiger partial charge in [0, 0.05) is 4.47 Å². The van der Waals surface area contributed by atoms with Gasteiger partial charge in [0.25, 0.3) is 23.4 Å². The van der Waals surface area contributed by atoms with Crippen LogP contribution in [0.25, 0.3) is 10.9 Å². The molecule has 2 heterocycles. The van der Waals surface area contributed by atoms with Gasteiger partial charge in [-0.25, -0.2) is 9.18 Å². The van der Waals surface area contributed by atoms with Crippen molar-refractivity contribution in [2.24, 2.45) is 0 Å². The number of nitrogens with zero attached hydrogens (tertiary/aromatic N) is 2. The zero-order valence-electron chi connectivity index (χ0n) is 22.1. The number of phenols is 2. The number of nitrogens with one attached hydrogen (secondary N) is 2. The molecule has 0 amide bonds. The summed E-state index contributed by atoms with van der Waals surface area (Å²) in [6, 6.07) is 3.46. The quantitative estimate of drug-likeness (QED) is 0.0802. The van der Waals surface area contributed by atoms with Crippen LogP contribution < -0.4 is 20.5 Å². The third kappa shape index (κ3) is 5.09. The van der Waals surface area contributed by atoms with E-state index in [1.54, 1.807) is 0 Å². The fourth-order valence-corrected chi connectivity index (χ4v) is 4.69. The molecule has 16 N–H and O–H groups in total. The van der Waals surface area contributed by atoms with Crippen LogP contribution in [-0.2, 0) is 0 Å². The molecule has 45 heavy (non-hydrogen) atoms. The number of likely N-dealkylation sites (N-methyl/N-ethyl adjacent to an activating group) is 1. The molecule has 0 unspecified atom stereocenters. The lowest BCUT2D eigenvalue weighted by Crippen LogP contribution is -2.93. The smallest absolute Gasteiger partial charge is 0.453 e. The van der Waals surface area contributed by atoms with Crippen molar-refractivity contribution in [1.29, 1.82) is 0 Å². The molecule has 23 heteroatoms. The molecule has 0 spiro atoms. The number of aliphatic hydroxyl groups is 12. The van der Waals surface area contributed by atoms with Crippen LogP contribution in [0.4, 0.5) is 15.9 Å².